The van der Waals surface area contributed by atoms with Crippen LogP contribution in [0.3, 0.4) is 0 Å². The summed E-state index contributed by atoms with van der Waals surface area (Å²) in [6.45, 7) is 1.88. The molecule has 0 aromatic rings. The number of carbonyl (C=O) groups excluding carboxylic acids is 1. The van der Waals surface area contributed by atoms with Crippen molar-refractivity contribution in [3.05, 3.63) is 11.8 Å². The van der Waals surface area contributed by atoms with Gasteiger partial charge in [0.25, 0.3) is 5.91 Å². The number of guanidine groups is 1. The lowest BCUT2D eigenvalue weighted by atomic mass is 9.83. The van der Waals surface area contributed by atoms with E-state index in [0.717, 1.165) is 0 Å². The summed E-state index contributed by atoms with van der Waals surface area (Å²) < 4.78 is 24.1. The van der Waals surface area contributed by atoms with E-state index in [9.17, 15) is 30.3 Å². The largest absolute Gasteiger partial charge is 0.467 e. The molecule has 1 amide bonds. The molecule has 2 heterocycles. The minimum atomic E-state index is -1.89. The van der Waals surface area contributed by atoms with Gasteiger partial charge in [-0.25, -0.2) is 4.99 Å². The Kier molecular flexibility index (Phi) is 12.4. The monoisotopic (exact) mass is 675 g/mol. The number of rotatable bonds is 14. The Balaban J connectivity index is 1.56. The van der Waals surface area contributed by atoms with Crippen molar-refractivity contribution in [2.75, 3.05) is 33.3 Å². The van der Waals surface area contributed by atoms with Gasteiger partial charge in [0.1, 0.15) is 35.8 Å². The zero-order chi connectivity index (χ0) is 34.7. The van der Waals surface area contributed by atoms with Crippen molar-refractivity contribution in [2.45, 2.75) is 117 Å². The minimum Gasteiger partial charge on any atom is -0.467 e. The van der Waals surface area contributed by atoms with E-state index in [2.05, 4.69) is 20.9 Å². The molecule has 2 aliphatic carbocycles. The standard InChI is InChI=1S/C28H53N9O10/c1-27(42)11-44-24(19(40)22(27)34-2)47-21-16(36-25(41)28(43)8-17(28)37-26(32)33)7-14(31)20(18(21)39)46-23-15(4-3-13(9-30)45-23)35-10-12(38)5-6-29/h3,12,14-24,34-35,38-40,42-43H,4-11,29-31H2,1-2H3,(H,36,41)(H4,32,33,37)/t12?,14-,15+,16+,17?,18-,19+,20+,21-,22+,23+,24+,27-,28?/m0/s1. The van der Waals surface area contributed by atoms with Crippen LogP contribution in [0.5, 0.6) is 0 Å². The van der Waals surface area contributed by atoms with Crippen molar-refractivity contribution >= 4 is 11.9 Å². The quantitative estimate of drug-likeness (QED) is 0.0601. The number of likely N-dealkylation sites (N-methyl/N-ethyl adjacent to an activating group) is 1. The maximum absolute atomic E-state index is 13.3. The van der Waals surface area contributed by atoms with Crippen LogP contribution in [0.25, 0.3) is 0 Å². The molecule has 14 atom stereocenters. The van der Waals surface area contributed by atoms with E-state index in [1.807, 2.05) is 0 Å². The SMILES string of the molecule is CN[C@@H]1[C@@H](O)[C@@H](O[C@@H]2[C@@H](O)[C@H](O[C@H]3OC(CN)=CC[C@H]3NCC(O)CCN)[C@@H](N)C[C@H]2NC(=O)C2(O)CC2N=C(N)N)OC[C@]1(C)O. The second kappa shape index (κ2) is 15.5. The van der Waals surface area contributed by atoms with Gasteiger partial charge in [-0.1, -0.05) is 0 Å². The Morgan fingerprint density at radius 1 is 1.15 bits per heavy atom. The number of hydrogen-bond donors (Lipinski definition) is 13. The molecule has 0 spiro atoms. The van der Waals surface area contributed by atoms with Crippen molar-refractivity contribution in [1.82, 2.24) is 16.0 Å². The second-order valence-corrected chi connectivity index (χ2v) is 13.0. The molecule has 3 unspecified atom stereocenters. The first-order chi connectivity index (χ1) is 22.1. The van der Waals surface area contributed by atoms with Gasteiger partial charge in [0, 0.05) is 19.0 Å². The molecule has 0 radical (unpaired) electrons. The van der Waals surface area contributed by atoms with Gasteiger partial charge in [-0.2, -0.15) is 0 Å². The Bertz CT molecular complexity index is 1130. The lowest BCUT2D eigenvalue weighted by Gasteiger charge is -2.49. The van der Waals surface area contributed by atoms with Gasteiger partial charge >= 0.3 is 0 Å². The predicted octanol–water partition coefficient (Wildman–Crippen LogP) is -6.58. The normalized spacial score (nSPS) is 42.5. The van der Waals surface area contributed by atoms with E-state index in [1.165, 1.54) is 6.92 Å². The highest BCUT2D eigenvalue weighted by Crippen LogP contribution is 2.40. The number of nitrogens with two attached hydrogens (primary N) is 5. The van der Waals surface area contributed by atoms with E-state index >= 15 is 0 Å². The summed E-state index contributed by atoms with van der Waals surface area (Å²) in [5, 5.41) is 63.4. The molecule has 0 bridgehead atoms. The van der Waals surface area contributed by atoms with Crippen LogP contribution in [0, 0.1) is 0 Å². The highest BCUT2D eigenvalue weighted by atomic mass is 16.7. The number of aliphatic imine (C=N–C) groups is 1. The van der Waals surface area contributed by atoms with E-state index < -0.39 is 90.4 Å². The van der Waals surface area contributed by atoms with Crippen LogP contribution in [-0.4, -0.2) is 155 Å². The van der Waals surface area contributed by atoms with E-state index in [-0.39, 0.29) is 38.5 Å². The van der Waals surface area contributed by atoms with Crippen LogP contribution in [0.2, 0.25) is 0 Å². The van der Waals surface area contributed by atoms with Crippen molar-refractivity contribution < 1.29 is 49.3 Å². The number of nitrogens with one attached hydrogen (secondary N) is 3. The third-order valence-corrected chi connectivity index (χ3v) is 9.16. The Morgan fingerprint density at radius 3 is 2.49 bits per heavy atom. The second-order valence-electron chi connectivity index (χ2n) is 13.0. The number of aliphatic hydroxyl groups excluding tert-OH is 3. The van der Waals surface area contributed by atoms with Gasteiger partial charge in [0.2, 0.25) is 6.29 Å². The summed E-state index contributed by atoms with van der Waals surface area (Å²) >= 11 is 0. The maximum Gasteiger partial charge on any atom is 0.254 e. The van der Waals surface area contributed by atoms with Crippen LogP contribution in [-0.2, 0) is 23.7 Å². The number of hydrogen-bond acceptors (Lipinski definition) is 16. The first-order valence-electron chi connectivity index (χ1n) is 15.9. The molecule has 0 aromatic carbocycles. The summed E-state index contributed by atoms with van der Waals surface area (Å²) in [6.07, 6.45) is -5.80. The van der Waals surface area contributed by atoms with Crippen LogP contribution in [0.1, 0.15) is 32.6 Å². The van der Waals surface area contributed by atoms with E-state index in [4.69, 9.17) is 47.6 Å². The van der Waals surface area contributed by atoms with Gasteiger partial charge in [0.05, 0.1) is 43.4 Å². The Hall–Kier alpha value is -2.24. The number of amides is 1. The predicted molar refractivity (Wildman–Crippen MR) is 167 cm³/mol. The molecule has 2 saturated carbocycles. The third-order valence-electron chi connectivity index (χ3n) is 9.16. The van der Waals surface area contributed by atoms with Crippen LogP contribution < -0.4 is 44.6 Å². The first-order valence-corrected chi connectivity index (χ1v) is 15.9. The minimum absolute atomic E-state index is 0.00320. The molecule has 19 heteroatoms. The summed E-state index contributed by atoms with van der Waals surface area (Å²) in [6, 6.07) is -4.08. The fraction of sp³-hybridized carbons (Fsp3) is 0.857. The molecular formula is C28H53N9O10. The summed E-state index contributed by atoms with van der Waals surface area (Å²) in [4.78, 5) is 17.1. The highest BCUT2D eigenvalue weighted by Gasteiger charge is 2.61. The molecule has 47 heavy (non-hydrogen) atoms. The van der Waals surface area contributed by atoms with Crippen molar-refractivity contribution in [3.63, 3.8) is 0 Å². The number of aliphatic hydroxyl groups is 5. The third kappa shape index (κ3) is 8.68. The number of ether oxygens (including phenoxy) is 4. The van der Waals surface area contributed by atoms with Gasteiger partial charge in [-0.3, -0.25) is 4.79 Å². The van der Waals surface area contributed by atoms with Gasteiger partial charge in [0.15, 0.2) is 17.9 Å². The van der Waals surface area contributed by atoms with Gasteiger partial charge in [-0.05, 0) is 45.9 Å². The van der Waals surface area contributed by atoms with Crippen molar-refractivity contribution in [3.8, 4) is 0 Å². The summed E-state index contributed by atoms with van der Waals surface area (Å²) in [5.41, 5.74) is 25.4. The van der Waals surface area contributed by atoms with Gasteiger partial charge in [-0.15, -0.1) is 0 Å². The Labute approximate surface area is 273 Å². The zero-order valence-electron chi connectivity index (χ0n) is 26.8. The van der Waals surface area contributed by atoms with Crippen LogP contribution in [0.15, 0.2) is 16.8 Å². The zero-order valence-corrected chi connectivity index (χ0v) is 26.8. The lowest BCUT2D eigenvalue weighted by Crippen LogP contribution is -2.69. The lowest BCUT2D eigenvalue weighted by molar-refractivity contribution is -0.304. The Morgan fingerprint density at radius 2 is 1.85 bits per heavy atom. The van der Waals surface area contributed by atoms with Gasteiger partial charge < -0.3 is 89.1 Å². The average molecular weight is 676 g/mol. The number of carbonyl (C=O) groups is 1. The number of nitrogens with zero attached hydrogens (tertiary/aromatic N) is 1. The fourth-order valence-electron chi connectivity index (χ4n) is 6.38. The maximum atomic E-state index is 13.3. The molecule has 3 fully saturated rings. The summed E-state index contributed by atoms with van der Waals surface area (Å²) in [5.74, 6) is -0.628. The first kappa shape index (κ1) is 37.6. The van der Waals surface area contributed by atoms with Crippen LogP contribution in [0.4, 0.5) is 0 Å². The van der Waals surface area contributed by atoms with Crippen molar-refractivity contribution in [2.24, 2.45) is 33.7 Å². The molecule has 4 rings (SSSR count). The molecule has 4 aliphatic rings. The highest BCUT2D eigenvalue weighted by molar-refractivity contribution is 5.90. The average Bonchev–Trinajstić information content (AvgIpc) is 3.66. The van der Waals surface area contributed by atoms with Crippen molar-refractivity contribution in [1.29, 1.82) is 0 Å². The van der Waals surface area contributed by atoms with E-state index in [1.54, 1.807) is 13.1 Å². The smallest absolute Gasteiger partial charge is 0.254 e. The van der Waals surface area contributed by atoms with Crippen LogP contribution >= 0.6 is 0 Å². The molecule has 1 saturated heterocycles. The molecule has 0 aromatic heterocycles. The molecule has 270 valence electrons. The summed E-state index contributed by atoms with van der Waals surface area (Å²) in [7, 11) is 1.56. The topological polar surface area (TPSA) is 334 Å². The molecular weight excluding hydrogens is 622 g/mol. The van der Waals surface area contributed by atoms with E-state index in [0.29, 0.717) is 25.1 Å². The molecule has 18 N–H and O–H groups in total. The fourth-order valence-corrected chi connectivity index (χ4v) is 6.38. The molecule has 2 aliphatic heterocycles. The molecule has 19 nitrogen and oxygen atoms in total.